The molecule has 1 unspecified atom stereocenters. The first-order chi connectivity index (χ1) is 6.22. The Morgan fingerprint density at radius 1 is 1.62 bits per heavy atom. The first kappa shape index (κ1) is 10.5. The zero-order valence-electron chi connectivity index (χ0n) is 8.58. The molecule has 13 heavy (non-hydrogen) atoms. The molecule has 1 atom stereocenters. The average Bonchev–Trinajstić information content (AvgIpc) is 2.49. The summed E-state index contributed by atoms with van der Waals surface area (Å²) < 4.78 is 5.15. The SMILES string of the molecule is CCCC(=O)OCC1CCN(C)C1. The van der Waals surface area contributed by atoms with Gasteiger partial charge in [-0.2, -0.15) is 0 Å². The molecule has 0 aromatic carbocycles. The van der Waals surface area contributed by atoms with Gasteiger partial charge >= 0.3 is 5.97 Å². The largest absolute Gasteiger partial charge is 0.465 e. The zero-order chi connectivity index (χ0) is 9.68. The van der Waals surface area contributed by atoms with Crippen LogP contribution in [0.2, 0.25) is 0 Å². The van der Waals surface area contributed by atoms with E-state index >= 15 is 0 Å². The van der Waals surface area contributed by atoms with Crippen molar-refractivity contribution in [3.63, 3.8) is 0 Å². The molecule has 0 saturated carbocycles. The second-order valence-corrected chi connectivity index (χ2v) is 3.85. The molecule has 0 spiro atoms. The summed E-state index contributed by atoms with van der Waals surface area (Å²) in [6.45, 7) is 4.81. The van der Waals surface area contributed by atoms with Crippen molar-refractivity contribution >= 4 is 5.97 Å². The Bertz CT molecular complexity index is 170. The Morgan fingerprint density at radius 2 is 2.38 bits per heavy atom. The summed E-state index contributed by atoms with van der Waals surface area (Å²) >= 11 is 0. The Kier molecular flexibility index (Phi) is 4.22. The van der Waals surface area contributed by atoms with Crippen molar-refractivity contribution in [2.24, 2.45) is 5.92 Å². The number of likely N-dealkylation sites (tertiary alicyclic amines) is 1. The van der Waals surface area contributed by atoms with Crippen LogP contribution in [0.15, 0.2) is 0 Å². The molecule has 0 bridgehead atoms. The van der Waals surface area contributed by atoms with Crippen LogP contribution in [0.5, 0.6) is 0 Å². The first-order valence-corrected chi connectivity index (χ1v) is 5.06. The minimum absolute atomic E-state index is 0.0444. The van der Waals surface area contributed by atoms with Crippen LogP contribution in [-0.2, 0) is 9.53 Å². The number of rotatable bonds is 4. The maximum absolute atomic E-state index is 11.0. The number of ether oxygens (including phenoxy) is 1. The topological polar surface area (TPSA) is 29.5 Å². The maximum Gasteiger partial charge on any atom is 0.305 e. The molecule has 0 aliphatic carbocycles. The van der Waals surface area contributed by atoms with E-state index in [1.807, 2.05) is 6.92 Å². The standard InChI is InChI=1S/C10H19NO2/c1-3-4-10(12)13-8-9-5-6-11(2)7-9/h9H,3-8H2,1-2H3. The van der Waals surface area contributed by atoms with Crippen LogP contribution in [0.25, 0.3) is 0 Å². The first-order valence-electron chi connectivity index (χ1n) is 5.06. The van der Waals surface area contributed by atoms with E-state index in [9.17, 15) is 4.79 Å². The molecule has 0 amide bonds. The molecule has 0 N–H and O–H groups in total. The van der Waals surface area contributed by atoms with E-state index in [4.69, 9.17) is 4.74 Å². The molecule has 1 aliphatic heterocycles. The molecule has 3 heteroatoms. The quantitative estimate of drug-likeness (QED) is 0.618. The van der Waals surface area contributed by atoms with Gasteiger partial charge in [0.1, 0.15) is 0 Å². The van der Waals surface area contributed by atoms with Crippen molar-refractivity contribution in [2.75, 3.05) is 26.7 Å². The van der Waals surface area contributed by atoms with Crippen molar-refractivity contribution in [3.8, 4) is 0 Å². The summed E-state index contributed by atoms with van der Waals surface area (Å²) in [6, 6.07) is 0. The highest BCUT2D eigenvalue weighted by Crippen LogP contribution is 2.14. The van der Waals surface area contributed by atoms with Gasteiger partial charge in [-0.1, -0.05) is 6.92 Å². The van der Waals surface area contributed by atoms with E-state index in [2.05, 4.69) is 11.9 Å². The van der Waals surface area contributed by atoms with Crippen LogP contribution >= 0.6 is 0 Å². The van der Waals surface area contributed by atoms with E-state index in [1.54, 1.807) is 0 Å². The lowest BCUT2D eigenvalue weighted by Gasteiger charge is -2.10. The summed E-state index contributed by atoms with van der Waals surface area (Å²) in [4.78, 5) is 13.3. The summed E-state index contributed by atoms with van der Waals surface area (Å²) in [5, 5.41) is 0. The predicted octanol–water partition coefficient (Wildman–Crippen LogP) is 1.28. The Labute approximate surface area is 80.1 Å². The molecule has 0 aromatic heterocycles. The molecule has 76 valence electrons. The predicted molar refractivity (Wildman–Crippen MR) is 51.5 cm³/mol. The highest BCUT2D eigenvalue weighted by atomic mass is 16.5. The lowest BCUT2D eigenvalue weighted by Crippen LogP contribution is -2.18. The van der Waals surface area contributed by atoms with Crippen molar-refractivity contribution in [1.29, 1.82) is 0 Å². The lowest BCUT2D eigenvalue weighted by molar-refractivity contribution is -0.144. The van der Waals surface area contributed by atoms with Crippen molar-refractivity contribution in [3.05, 3.63) is 0 Å². The monoisotopic (exact) mass is 185 g/mol. The molecular weight excluding hydrogens is 166 g/mol. The fraction of sp³-hybridized carbons (Fsp3) is 0.900. The molecule has 1 rings (SSSR count). The second-order valence-electron chi connectivity index (χ2n) is 3.85. The van der Waals surface area contributed by atoms with E-state index in [0.29, 0.717) is 18.9 Å². The Hall–Kier alpha value is -0.570. The fourth-order valence-corrected chi connectivity index (χ4v) is 1.65. The van der Waals surface area contributed by atoms with Gasteiger partial charge in [0.15, 0.2) is 0 Å². The van der Waals surface area contributed by atoms with Crippen LogP contribution in [0.1, 0.15) is 26.2 Å². The molecule has 0 radical (unpaired) electrons. The average molecular weight is 185 g/mol. The van der Waals surface area contributed by atoms with Gasteiger partial charge in [-0.05, 0) is 26.4 Å². The van der Waals surface area contributed by atoms with Crippen LogP contribution < -0.4 is 0 Å². The second kappa shape index (κ2) is 5.22. The van der Waals surface area contributed by atoms with Gasteiger partial charge in [0.25, 0.3) is 0 Å². The van der Waals surface area contributed by atoms with Crippen LogP contribution in [0.4, 0.5) is 0 Å². The van der Waals surface area contributed by atoms with Gasteiger partial charge in [0.05, 0.1) is 6.61 Å². The summed E-state index contributed by atoms with van der Waals surface area (Å²) in [5.74, 6) is 0.517. The van der Waals surface area contributed by atoms with E-state index < -0.39 is 0 Å². The minimum Gasteiger partial charge on any atom is -0.465 e. The lowest BCUT2D eigenvalue weighted by atomic mass is 10.1. The molecule has 1 heterocycles. The molecule has 1 aliphatic rings. The van der Waals surface area contributed by atoms with E-state index in [1.165, 1.54) is 0 Å². The van der Waals surface area contributed by atoms with Gasteiger partial charge in [-0.25, -0.2) is 0 Å². The third kappa shape index (κ3) is 3.77. The Balaban J connectivity index is 2.09. The van der Waals surface area contributed by atoms with Crippen LogP contribution in [0.3, 0.4) is 0 Å². The summed E-state index contributed by atoms with van der Waals surface area (Å²) in [5.41, 5.74) is 0. The fourth-order valence-electron chi connectivity index (χ4n) is 1.65. The maximum atomic E-state index is 11.0. The molecule has 3 nitrogen and oxygen atoms in total. The van der Waals surface area contributed by atoms with Gasteiger partial charge in [0, 0.05) is 18.9 Å². The molecule has 0 aromatic rings. The molecular formula is C10H19NO2. The van der Waals surface area contributed by atoms with Gasteiger partial charge in [-0.15, -0.1) is 0 Å². The molecule has 1 saturated heterocycles. The van der Waals surface area contributed by atoms with Crippen LogP contribution in [-0.4, -0.2) is 37.6 Å². The summed E-state index contributed by atoms with van der Waals surface area (Å²) in [7, 11) is 2.11. The normalized spacial score (nSPS) is 23.4. The third-order valence-corrected chi connectivity index (χ3v) is 2.42. The van der Waals surface area contributed by atoms with Crippen molar-refractivity contribution in [2.45, 2.75) is 26.2 Å². The number of esters is 1. The van der Waals surface area contributed by atoms with Crippen molar-refractivity contribution in [1.82, 2.24) is 4.90 Å². The smallest absolute Gasteiger partial charge is 0.305 e. The minimum atomic E-state index is -0.0444. The van der Waals surface area contributed by atoms with Gasteiger partial charge in [-0.3, -0.25) is 4.79 Å². The highest BCUT2D eigenvalue weighted by molar-refractivity contribution is 5.69. The molecule has 1 fully saturated rings. The number of nitrogens with zero attached hydrogens (tertiary/aromatic N) is 1. The van der Waals surface area contributed by atoms with Gasteiger partial charge in [0.2, 0.25) is 0 Å². The number of carbonyl (C=O) groups is 1. The number of hydrogen-bond acceptors (Lipinski definition) is 3. The van der Waals surface area contributed by atoms with E-state index in [0.717, 1.165) is 25.9 Å². The number of carbonyl (C=O) groups excluding carboxylic acids is 1. The summed E-state index contributed by atoms with van der Waals surface area (Å²) in [6.07, 6.45) is 2.60. The van der Waals surface area contributed by atoms with Crippen LogP contribution in [0, 0.1) is 5.92 Å². The zero-order valence-corrected chi connectivity index (χ0v) is 8.58. The highest BCUT2D eigenvalue weighted by Gasteiger charge is 2.20. The Morgan fingerprint density at radius 3 is 2.92 bits per heavy atom. The number of hydrogen-bond donors (Lipinski definition) is 0. The third-order valence-electron chi connectivity index (χ3n) is 2.42. The van der Waals surface area contributed by atoms with E-state index in [-0.39, 0.29) is 5.97 Å². The van der Waals surface area contributed by atoms with Gasteiger partial charge < -0.3 is 9.64 Å². The van der Waals surface area contributed by atoms with Crippen molar-refractivity contribution < 1.29 is 9.53 Å².